The van der Waals surface area contributed by atoms with Crippen LogP contribution in [0.15, 0.2) is 12.3 Å². The second-order valence-electron chi connectivity index (χ2n) is 2.79. The molecule has 0 aliphatic carbocycles. The Kier molecular flexibility index (Phi) is 7.68. The molecule has 14 heavy (non-hydrogen) atoms. The molecular formula is C9H16N2O3. The molecule has 5 heteroatoms. The first-order chi connectivity index (χ1) is 6.72. The fourth-order valence-corrected chi connectivity index (χ4v) is 0.852. The SMILES string of the molecule is NCCCC[C@H](N)C(=O)OC=CC=O. The van der Waals surface area contributed by atoms with Crippen LogP contribution in [0.1, 0.15) is 19.3 Å². The van der Waals surface area contributed by atoms with Gasteiger partial charge in [-0.05, 0) is 19.4 Å². The van der Waals surface area contributed by atoms with Crippen molar-refractivity contribution in [2.45, 2.75) is 25.3 Å². The zero-order valence-corrected chi connectivity index (χ0v) is 8.02. The molecule has 0 spiro atoms. The second kappa shape index (κ2) is 8.40. The Morgan fingerprint density at radius 3 is 2.71 bits per heavy atom. The normalized spacial score (nSPS) is 12.7. The van der Waals surface area contributed by atoms with Crippen molar-refractivity contribution in [1.29, 1.82) is 0 Å². The van der Waals surface area contributed by atoms with E-state index in [1.54, 1.807) is 0 Å². The zero-order chi connectivity index (χ0) is 10.8. The van der Waals surface area contributed by atoms with Crippen molar-refractivity contribution in [1.82, 2.24) is 0 Å². The van der Waals surface area contributed by atoms with Crippen LogP contribution in [0.5, 0.6) is 0 Å². The van der Waals surface area contributed by atoms with Gasteiger partial charge >= 0.3 is 5.97 Å². The van der Waals surface area contributed by atoms with Gasteiger partial charge in [0.2, 0.25) is 0 Å². The molecule has 0 aromatic heterocycles. The fourth-order valence-electron chi connectivity index (χ4n) is 0.852. The summed E-state index contributed by atoms with van der Waals surface area (Å²) in [6, 6.07) is -0.641. The molecule has 0 unspecified atom stereocenters. The predicted octanol–water partition coefficient (Wildman–Crippen LogP) is -0.301. The van der Waals surface area contributed by atoms with E-state index in [-0.39, 0.29) is 0 Å². The minimum atomic E-state index is -0.641. The molecule has 0 saturated carbocycles. The van der Waals surface area contributed by atoms with Crippen LogP contribution >= 0.6 is 0 Å². The number of unbranched alkanes of at least 4 members (excludes halogenated alkanes) is 1. The molecule has 0 aliphatic heterocycles. The van der Waals surface area contributed by atoms with Gasteiger partial charge in [-0.15, -0.1) is 0 Å². The van der Waals surface area contributed by atoms with Gasteiger partial charge in [0, 0.05) is 6.08 Å². The van der Waals surface area contributed by atoms with Crippen molar-refractivity contribution in [3.05, 3.63) is 12.3 Å². The molecule has 0 saturated heterocycles. The maximum atomic E-state index is 11.1. The molecule has 0 aliphatic rings. The summed E-state index contributed by atoms with van der Waals surface area (Å²) in [4.78, 5) is 20.9. The molecule has 80 valence electrons. The molecule has 4 N–H and O–H groups in total. The summed E-state index contributed by atoms with van der Waals surface area (Å²) >= 11 is 0. The smallest absolute Gasteiger partial charge is 0.327 e. The van der Waals surface area contributed by atoms with Crippen LogP contribution in [0.3, 0.4) is 0 Å². The highest BCUT2D eigenvalue weighted by Gasteiger charge is 2.12. The third-order valence-electron chi connectivity index (χ3n) is 1.61. The highest BCUT2D eigenvalue weighted by atomic mass is 16.5. The summed E-state index contributed by atoms with van der Waals surface area (Å²) in [5.74, 6) is -0.528. The van der Waals surface area contributed by atoms with E-state index >= 15 is 0 Å². The molecule has 1 atom stereocenters. The third-order valence-corrected chi connectivity index (χ3v) is 1.61. The minimum Gasteiger partial charge on any atom is -0.433 e. The molecule has 0 fully saturated rings. The summed E-state index contributed by atoms with van der Waals surface area (Å²) < 4.78 is 4.57. The van der Waals surface area contributed by atoms with Crippen molar-refractivity contribution < 1.29 is 14.3 Å². The van der Waals surface area contributed by atoms with Gasteiger partial charge in [-0.1, -0.05) is 6.42 Å². The van der Waals surface area contributed by atoms with Crippen LogP contribution in [-0.4, -0.2) is 24.8 Å². The van der Waals surface area contributed by atoms with E-state index in [9.17, 15) is 9.59 Å². The van der Waals surface area contributed by atoms with Gasteiger partial charge in [0.1, 0.15) is 12.3 Å². The monoisotopic (exact) mass is 200 g/mol. The lowest BCUT2D eigenvalue weighted by molar-refractivity contribution is -0.139. The van der Waals surface area contributed by atoms with Crippen molar-refractivity contribution in [3.63, 3.8) is 0 Å². The summed E-state index contributed by atoms with van der Waals surface area (Å²) in [5, 5.41) is 0. The van der Waals surface area contributed by atoms with E-state index in [2.05, 4.69) is 4.74 Å². The Morgan fingerprint density at radius 1 is 1.43 bits per heavy atom. The highest BCUT2D eigenvalue weighted by Crippen LogP contribution is 1.99. The van der Waals surface area contributed by atoms with E-state index < -0.39 is 12.0 Å². The van der Waals surface area contributed by atoms with Gasteiger partial charge in [-0.25, -0.2) is 4.79 Å². The molecule has 5 nitrogen and oxygen atoms in total. The number of carbonyl (C=O) groups excluding carboxylic acids is 2. The minimum absolute atomic E-state index is 0.521. The molecule has 0 rings (SSSR count). The molecule has 0 amide bonds. The summed E-state index contributed by atoms with van der Waals surface area (Å²) in [5.41, 5.74) is 10.8. The van der Waals surface area contributed by atoms with E-state index in [1.165, 1.54) is 0 Å². The van der Waals surface area contributed by atoms with Gasteiger partial charge < -0.3 is 16.2 Å². The van der Waals surface area contributed by atoms with Crippen LogP contribution in [-0.2, 0) is 14.3 Å². The Labute approximate surface area is 83.1 Å². The first-order valence-electron chi connectivity index (χ1n) is 4.48. The van der Waals surface area contributed by atoms with Crippen LogP contribution in [0.4, 0.5) is 0 Å². The number of aldehydes is 1. The number of hydrogen-bond donors (Lipinski definition) is 2. The van der Waals surface area contributed by atoms with E-state index in [4.69, 9.17) is 11.5 Å². The lowest BCUT2D eigenvalue weighted by Gasteiger charge is -2.07. The maximum absolute atomic E-state index is 11.1. The molecule has 0 bridgehead atoms. The Hall–Kier alpha value is -1.20. The Morgan fingerprint density at radius 2 is 2.14 bits per heavy atom. The lowest BCUT2D eigenvalue weighted by Crippen LogP contribution is -2.31. The highest BCUT2D eigenvalue weighted by molar-refractivity contribution is 5.76. The number of ether oxygens (including phenoxy) is 1. The van der Waals surface area contributed by atoms with Gasteiger partial charge in [0.05, 0.1) is 6.26 Å². The van der Waals surface area contributed by atoms with E-state index in [1.807, 2.05) is 0 Å². The van der Waals surface area contributed by atoms with Crippen molar-refractivity contribution in [3.8, 4) is 0 Å². The number of allylic oxidation sites excluding steroid dienone is 1. The van der Waals surface area contributed by atoms with E-state index in [0.29, 0.717) is 19.3 Å². The molecule has 0 radical (unpaired) electrons. The van der Waals surface area contributed by atoms with E-state index in [0.717, 1.165) is 25.2 Å². The van der Waals surface area contributed by atoms with Crippen LogP contribution in [0, 0.1) is 0 Å². The van der Waals surface area contributed by atoms with Crippen LogP contribution in [0.2, 0.25) is 0 Å². The van der Waals surface area contributed by atoms with Crippen LogP contribution < -0.4 is 11.5 Å². The topological polar surface area (TPSA) is 95.4 Å². The van der Waals surface area contributed by atoms with Gasteiger partial charge in [0.15, 0.2) is 0 Å². The second-order valence-corrected chi connectivity index (χ2v) is 2.79. The Bertz CT molecular complexity index is 204. The summed E-state index contributed by atoms with van der Waals surface area (Å²) in [7, 11) is 0. The maximum Gasteiger partial charge on any atom is 0.327 e. The molecule has 0 aromatic carbocycles. The van der Waals surface area contributed by atoms with Gasteiger partial charge in [-0.3, -0.25) is 4.79 Å². The number of carbonyl (C=O) groups is 2. The molecule has 0 heterocycles. The van der Waals surface area contributed by atoms with Gasteiger partial charge in [-0.2, -0.15) is 0 Å². The van der Waals surface area contributed by atoms with Gasteiger partial charge in [0.25, 0.3) is 0 Å². The number of rotatable bonds is 7. The number of hydrogen-bond acceptors (Lipinski definition) is 5. The summed E-state index contributed by atoms with van der Waals surface area (Å²) in [6.45, 7) is 0.590. The first-order valence-corrected chi connectivity index (χ1v) is 4.48. The fraction of sp³-hybridized carbons (Fsp3) is 0.556. The third kappa shape index (κ3) is 6.33. The van der Waals surface area contributed by atoms with Crippen molar-refractivity contribution in [2.24, 2.45) is 11.5 Å². The first kappa shape index (κ1) is 12.8. The number of esters is 1. The summed E-state index contributed by atoms with van der Waals surface area (Å²) in [6.07, 6.45) is 4.82. The molecule has 0 aromatic rings. The number of nitrogens with two attached hydrogens (primary N) is 2. The standard InChI is InChI=1S/C9H16N2O3/c10-5-2-1-4-8(11)9(13)14-7-3-6-12/h3,6-8H,1-2,4-5,10-11H2/t8-/m0/s1. The average Bonchev–Trinajstić information content (AvgIpc) is 2.18. The molecular weight excluding hydrogens is 184 g/mol. The zero-order valence-electron chi connectivity index (χ0n) is 8.02. The Balaban J connectivity index is 3.64. The average molecular weight is 200 g/mol. The van der Waals surface area contributed by atoms with Crippen LogP contribution in [0.25, 0.3) is 0 Å². The lowest BCUT2D eigenvalue weighted by atomic mass is 10.1. The van der Waals surface area contributed by atoms with Crippen molar-refractivity contribution >= 4 is 12.3 Å². The predicted molar refractivity (Wildman–Crippen MR) is 52.2 cm³/mol. The quantitative estimate of drug-likeness (QED) is 0.193. The van der Waals surface area contributed by atoms with Crippen molar-refractivity contribution in [2.75, 3.05) is 6.54 Å². The largest absolute Gasteiger partial charge is 0.433 e.